The first kappa shape index (κ1) is 30.7. The SMILES string of the molecule is COc1cccc(NC(=O)N(C)C[C@H]2Oc3cc(C#CC4(O)CCCC4)ccc3S(=O)(=O)N([C@@H](C)CO)C[C@@H]2C)c1. The summed E-state index contributed by atoms with van der Waals surface area (Å²) in [5.74, 6) is 6.33. The molecule has 2 aromatic carbocycles. The second-order valence-corrected chi connectivity index (χ2v) is 12.8. The Labute approximate surface area is 242 Å². The lowest BCUT2D eigenvalue weighted by Gasteiger charge is -2.37. The van der Waals surface area contributed by atoms with E-state index >= 15 is 0 Å². The Morgan fingerprint density at radius 3 is 2.68 bits per heavy atom. The molecule has 1 fully saturated rings. The second-order valence-electron chi connectivity index (χ2n) is 10.9. The number of sulfonamides is 1. The summed E-state index contributed by atoms with van der Waals surface area (Å²) in [4.78, 5) is 14.5. The van der Waals surface area contributed by atoms with E-state index in [0.29, 0.717) is 29.8 Å². The van der Waals surface area contributed by atoms with Crippen molar-refractivity contribution >= 4 is 21.7 Å². The third-order valence-electron chi connectivity index (χ3n) is 7.66. The summed E-state index contributed by atoms with van der Waals surface area (Å²) in [6, 6.07) is 10.6. The van der Waals surface area contributed by atoms with Gasteiger partial charge in [-0.15, -0.1) is 0 Å². The standard InChI is InChI=1S/C30H39N3O7S/c1-21-18-33(22(2)20-34)41(37,38)28-11-10-23(12-15-30(36)13-5-6-14-30)16-26(28)40-27(21)19-32(3)29(35)31-24-8-7-9-25(17-24)39-4/h7-11,16-17,21-22,27,34,36H,5-6,13-14,18-20H2,1-4H3,(H,31,35)/t21-,22-,27+/m0/s1. The number of amides is 2. The molecule has 0 unspecified atom stereocenters. The quantitative estimate of drug-likeness (QED) is 0.444. The molecule has 3 N–H and O–H groups in total. The molecule has 222 valence electrons. The maximum Gasteiger partial charge on any atom is 0.321 e. The fourth-order valence-electron chi connectivity index (χ4n) is 5.07. The largest absolute Gasteiger partial charge is 0.497 e. The summed E-state index contributed by atoms with van der Waals surface area (Å²) in [5, 5.41) is 23.4. The molecule has 0 radical (unpaired) electrons. The maximum atomic E-state index is 13.7. The molecule has 4 rings (SSSR count). The molecule has 0 aromatic heterocycles. The van der Waals surface area contributed by atoms with Crippen LogP contribution in [0.2, 0.25) is 0 Å². The smallest absolute Gasteiger partial charge is 0.321 e. The van der Waals surface area contributed by atoms with Crippen LogP contribution >= 0.6 is 0 Å². The van der Waals surface area contributed by atoms with Crippen molar-refractivity contribution < 1.29 is 32.9 Å². The van der Waals surface area contributed by atoms with Gasteiger partial charge in [0.25, 0.3) is 0 Å². The molecule has 0 saturated heterocycles. The summed E-state index contributed by atoms with van der Waals surface area (Å²) >= 11 is 0. The van der Waals surface area contributed by atoms with Crippen LogP contribution in [-0.2, 0) is 10.0 Å². The zero-order valence-corrected chi connectivity index (χ0v) is 24.8. The summed E-state index contributed by atoms with van der Waals surface area (Å²) < 4.78 is 40.3. The van der Waals surface area contributed by atoms with Crippen molar-refractivity contribution in [3.8, 4) is 23.3 Å². The van der Waals surface area contributed by atoms with E-state index in [1.807, 2.05) is 6.92 Å². The molecule has 11 heteroatoms. The van der Waals surface area contributed by atoms with Gasteiger partial charge in [-0.25, -0.2) is 13.2 Å². The van der Waals surface area contributed by atoms with E-state index in [4.69, 9.17) is 9.47 Å². The van der Waals surface area contributed by atoms with Gasteiger partial charge in [-0.1, -0.05) is 24.8 Å². The number of nitrogens with one attached hydrogen (secondary N) is 1. The van der Waals surface area contributed by atoms with Crippen LogP contribution in [0, 0.1) is 17.8 Å². The normalized spacial score (nSPS) is 22.1. The van der Waals surface area contributed by atoms with Crippen LogP contribution in [0.4, 0.5) is 10.5 Å². The highest BCUT2D eigenvalue weighted by Crippen LogP contribution is 2.35. The predicted octanol–water partition coefficient (Wildman–Crippen LogP) is 3.28. The van der Waals surface area contributed by atoms with E-state index in [2.05, 4.69) is 17.2 Å². The van der Waals surface area contributed by atoms with Crippen molar-refractivity contribution in [2.24, 2.45) is 5.92 Å². The fourth-order valence-corrected chi connectivity index (χ4v) is 6.89. The Morgan fingerprint density at radius 1 is 1.27 bits per heavy atom. The lowest BCUT2D eigenvalue weighted by Crippen LogP contribution is -2.50. The highest BCUT2D eigenvalue weighted by atomic mass is 32.2. The number of methoxy groups -OCH3 is 1. The van der Waals surface area contributed by atoms with Crippen LogP contribution in [0.5, 0.6) is 11.5 Å². The second kappa shape index (κ2) is 12.7. The number of anilines is 1. The van der Waals surface area contributed by atoms with Crippen molar-refractivity contribution in [2.45, 2.75) is 62.2 Å². The number of rotatable bonds is 6. The number of aliphatic hydroxyl groups excluding tert-OH is 1. The van der Waals surface area contributed by atoms with Crippen LogP contribution in [0.25, 0.3) is 0 Å². The highest BCUT2D eigenvalue weighted by Gasteiger charge is 2.38. The number of carbonyl (C=O) groups excluding carboxylic acids is 1. The number of carbonyl (C=O) groups is 1. The number of nitrogens with zero attached hydrogens (tertiary/aromatic N) is 2. The summed E-state index contributed by atoms with van der Waals surface area (Å²) in [6.07, 6.45) is 2.45. The van der Waals surface area contributed by atoms with Crippen molar-refractivity contribution in [3.05, 3.63) is 48.0 Å². The van der Waals surface area contributed by atoms with Gasteiger partial charge in [-0.2, -0.15) is 4.31 Å². The monoisotopic (exact) mass is 585 g/mol. The van der Waals surface area contributed by atoms with Crippen LogP contribution in [0.3, 0.4) is 0 Å². The first-order valence-electron chi connectivity index (χ1n) is 13.8. The van der Waals surface area contributed by atoms with Gasteiger partial charge in [-0.3, -0.25) is 0 Å². The Balaban J connectivity index is 1.64. The topological polar surface area (TPSA) is 129 Å². The van der Waals surface area contributed by atoms with E-state index in [9.17, 15) is 23.4 Å². The number of hydrogen-bond donors (Lipinski definition) is 3. The zero-order chi connectivity index (χ0) is 29.8. The summed E-state index contributed by atoms with van der Waals surface area (Å²) in [5.41, 5.74) is 0.0389. The van der Waals surface area contributed by atoms with Crippen LogP contribution in [-0.4, -0.2) is 85.5 Å². The van der Waals surface area contributed by atoms with Gasteiger partial charge in [0.2, 0.25) is 10.0 Å². The molecule has 1 aliphatic carbocycles. The summed E-state index contributed by atoms with van der Waals surface area (Å²) in [7, 11) is -0.828. The molecule has 0 bridgehead atoms. The lowest BCUT2D eigenvalue weighted by atomic mass is 10.0. The fraction of sp³-hybridized carbons (Fsp3) is 0.500. The van der Waals surface area contributed by atoms with Crippen molar-refractivity contribution in [1.29, 1.82) is 0 Å². The first-order valence-corrected chi connectivity index (χ1v) is 15.2. The Morgan fingerprint density at radius 2 is 2.00 bits per heavy atom. The number of likely N-dealkylation sites (N-methyl/N-ethyl adjacent to an activating group) is 1. The molecule has 0 spiro atoms. The molecular weight excluding hydrogens is 546 g/mol. The van der Waals surface area contributed by atoms with Crippen molar-refractivity contribution in [3.63, 3.8) is 0 Å². The van der Waals surface area contributed by atoms with Gasteiger partial charge in [0.15, 0.2) is 0 Å². The van der Waals surface area contributed by atoms with E-state index < -0.39 is 27.8 Å². The van der Waals surface area contributed by atoms with Gasteiger partial charge >= 0.3 is 6.03 Å². The van der Waals surface area contributed by atoms with E-state index in [0.717, 1.165) is 12.8 Å². The van der Waals surface area contributed by atoms with Gasteiger partial charge in [0.1, 0.15) is 28.1 Å². The number of ether oxygens (including phenoxy) is 2. The molecule has 3 atom stereocenters. The van der Waals surface area contributed by atoms with Gasteiger partial charge in [0, 0.05) is 42.9 Å². The molecule has 2 amide bonds. The number of aliphatic hydroxyl groups is 2. The Hall–Kier alpha value is -3.30. The maximum absolute atomic E-state index is 13.7. The predicted molar refractivity (Wildman–Crippen MR) is 155 cm³/mol. The van der Waals surface area contributed by atoms with Crippen LogP contribution in [0.1, 0.15) is 45.1 Å². The average molecular weight is 586 g/mol. The Kier molecular flexibility index (Phi) is 9.49. The van der Waals surface area contributed by atoms with Gasteiger partial charge in [0.05, 0.1) is 20.3 Å². The number of benzene rings is 2. The van der Waals surface area contributed by atoms with Gasteiger partial charge in [-0.05, 0) is 62.9 Å². The van der Waals surface area contributed by atoms with Crippen molar-refractivity contribution in [2.75, 3.05) is 39.2 Å². The number of hydrogen-bond acceptors (Lipinski definition) is 7. The Bertz CT molecular complexity index is 1410. The van der Waals surface area contributed by atoms with Crippen molar-refractivity contribution in [1.82, 2.24) is 9.21 Å². The number of urea groups is 1. The summed E-state index contributed by atoms with van der Waals surface area (Å²) in [6.45, 7) is 3.41. The molecule has 2 aromatic rings. The molecule has 1 aliphatic heterocycles. The molecule has 1 saturated carbocycles. The number of fused-ring (bicyclic) bond motifs is 1. The minimum Gasteiger partial charge on any atom is -0.497 e. The molecule has 41 heavy (non-hydrogen) atoms. The third-order valence-corrected chi connectivity index (χ3v) is 9.68. The third kappa shape index (κ3) is 7.13. The van der Waals surface area contributed by atoms with E-state index in [1.165, 1.54) is 15.3 Å². The molecule has 10 nitrogen and oxygen atoms in total. The first-order chi connectivity index (χ1) is 19.5. The lowest BCUT2D eigenvalue weighted by molar-refractivity contribution is 0.0830. The van der Waals surface area contributed by atoms with E-state index in [1.54, 1.807) is 57.5 Å². The van der Waals surface area contributed by atoms with Gasteiger partial charge < -0.3 is 29.9 Å². The average Bonchev–Trinajstić information content (AvgIpc) is 3.39. The minimum absolute atomic E-state index is 0.0386. The molecule has 1 heterocycles. The molecular formula is C30H39N3O7S. The molecule has 2 aliphatic rings. The minimum atomic E-state index is -4.02. The highest BCUT2D eigenvalue weighted by molar-refractivity contribution is 7.89. The zero-order valence-electron chi connectivity index (χ0n) is 24.0. The van der Waals surface area contributed by atoms with Crippen LogP contribution < -0.4 is 14.8 Å². The van der Waals surface area contributed by atoms with Crippen LogP contribution in [0.15, 0.2) is 47.4 Å². The van der Waals surface area contributed by atoms with E-state index in [-0.39, 0.29) is 42.3 Å².